The SMILES string of the molecule is CCc1cccc(C(Nc2cc(F)c(C(N)=NO)cc2F)c2nc(-c3ccccc3)nn2C)c1. The minimum absolute atomic E-state index is 0.0943. The summed E-state index contributed by atoms with van der Waals surface area (Å²) in [5.41, 5.74) is 7.77. The van der Waals surface area contributed by atoms with Crippen molar-refractivity contribution in [1.82, 2.24) is 14.8 Å². The number of hydrogen-bond acceptors (Lipinski definition) is 5. The minimum Gasteiger partial charge on any atom is -0.409 e. The zero-order chi connectivity index (χ0) is 24.2. The van der Waals surface area contributed by atoms with E-state index >= 15 is 0 Å². The molecule has 1 unspecified atom stereocenters. The molecule has 0 saturated heterocycles. The van der Waals surface area contributed by atoms with Gasteiger partial charge >= 0.3 is 0 Å². The molecule has 1 heterocycles. The van der Waals surface area contributed by atoms with E-state index < -0.39 is 23.5 Å². The third-order valence-electron chi connectivity index (χ3n) is 5.52. The van der Waals surface area contributed by atoms with Crippen molar-refractivity contribution in [3.8, 4) is 11.4 Å². The molecule has 0 aliphatic carbocycles. The van der Waals surface area contributed by atoms with Gasteiger partial charge in [-0.1, -0.05) is 66.7 Å². The molecule has 1 atom stereocenters. The molecular weight excluding hydrogens is 438 g/mol. The lowest BCUT2D eigenvalue weighted by molar-refractivity contribution is 0.318. The second-order valence-electron chi connectivity index (χ2n) is 7.76. The van der Waals surface area contributed by atoms with Gasteiger partial charge in [-0.25, -0.2) is 13.8 Å². The molecular formula is C25H24F2N6O. The van der Waals surface area contributed by atoms with E-state index in [0.717, 1.165) is 35.2 Å². The van der Waals surface area contributed by atoms with Crippen LogP contribution < -0.4 is 11.1 Å². The molecule has 3 aromatic carbocycles. The van der Waals surface area contributed by atoms with Gasteiger partial charge in [-0.15, -0.1) is 0 Å². The zero-order valence-corrected chi connectivity index (χ0v) is 18.7. The summed E-state index contributed by atoms with van der Waals surface area (Å²) >= 11 is 0. The fourth-order valence-electron chi connectivity index (χ4n) is 3.71. The smallest absolute Gasteiger partial charge is 0.181 e. The predicted octanol–water partition coefficient (Wildman–Crippen LogP) is 4.62. The van der Waals surface area contributed by atoms with Gasteiger partial charge in [-0.3, -0.25) is 4.68 Å². The van der Waals surface area contributed by atoms with Crippen LogP contribution in [0.5, 0.6) is 0 Å². The molecule has 34 heavy (non-hydrogen) atoms. The van der Waals surface area contributed by atoms with Crippen LogP contribution in [-0.4, -0.2) is 25.8 Å². The number of benzene rings is 3. The van der Waals surface area contributed by atoms with Crippen LogP contribution in [0.1, 0.15) is 35.5 Å². The van der Waals surface area contributed by atoms with Crippen LogP contribution >= 0.6 is 0 Å². The van der Waals surface area contributed by atoms with Crippen molar-refractivity contribution in [2.45, 2.75) is 19.4 Å². The molecule has 4 N–H and O–H groups in total. The number of nitrogens with one attached hydrogen (secondary N) is 1. The van der Waals surface area contributed by atoms with Crippen molar-refractivity contribution < 1.29 is 14.0 Å². The second-order valence-corrected chi connectivity index (χ2v) is 7.76. The average molecular weight is 463 g/mol. The van der Waals surface area contributed by atoms with Crippen LogP contribution in [0.25, 0.3) is 11.4 Å². The van der Waals surface area contributed by atoms with E-state index in [9.17, 15) is 8.78 Å². The summed E-state index contributed by atoms with van der Waals surface area (Å²) in [6.45, 7) is 2.04. The first-order valence-corrected chi connectivity index (χ1v) is 10.7. The fourth-order valence-corrected chi connectivity index (χ4v) is 3.71. The molecule has 9 heteroatoms. The van der Waals surface area contributed by atoms with Gasteiger partial charge < -0.3 is 16.3 Å². The summed E-state index contributed by atoms with van der Waals surface area (Å²) in [6, 6.07) is 18.5. The Balaban J connectivity index is 1.81. The molecule has 0 fully saturated rings. The normalized spacial score (nSPS) is 12.5. The van der Waals surface area contributed by atoms with E-state index in [1.54, 1.807) is 11.7 Å². The summed E-state index contributed by atoms with van der Waals surface area (Å²) in [4.78, 5) is 4.72. The molecule has 0 radical (unpaired) electrons. The third-order valence-corrected chi connectivity index (χ3v) is 5.52. The van der Waals surface area contributed by atoms with E-state index in [1.165, 1.54) is 0 Å². The Hall–Kier alpha value is -4.27. The molecule has 4 aromatic rings. The van der Waals surface area contributed by atoms with E-state index in [4.69, 9.17) is 15.9 Å². The number of aryl methyl sites for hydroxylation is 2. The highest BCUT2D eigenvalue weighted by atomic mass is 19.1. The van der Waals surface area contributed by atoms with Crippen LogP contribution in [0.15, 0.2) is 71.9 Å². The molecule has 7 nitrogen and oxygen atoms in total. The lowest BCUT2D eigenvalue weighted by atomic mass is 10.0. The maximum atomic E-state index is 15.0. The first-order valence-electron chi connectivity index (χ1n) is 10.7. The summed E-state index contributed by atoms with van der Waals surface area (Å²) in [7, 11) is 1.76. The summed E-state index contributed by atoms with van der Waals surface area (Å²) in [6.07, 6.45) is 0.812. The van der Waals surface area contributed by atoms with Gasteiger partial charge in [0.25, 0.3) is 0 Å². The summed E-state index contributed by atoms with van der Waals surface area (Å²) < 4.78 is 31.2. The van der Waals surface area contributed by atoms with E-state index in [-0.39, 0.29) is 11.3 Å². The number of oxime groups is 1. The lowest BCUT2D eigenvalue weighted by Crippen LogP contribution is -2.20. The monoisotopic (exact) mass is 462 g/mol. The Labute approximate surface area is 195 Å². The Morgan fingerprint density at radius 3 is 2.56 bits per heavy atom. The first-order chi connectivity index (χ1) is 16.4. The number of halogens is 2. The highest BCUT2D eigenvalue weighted by Crippen LogP contribution is 2.30. The molecule has 0 amide bonds. The number of aromatic nitrogens is 3. The number of anilines is 1. The molecule has 0 aliphatic rings. The molecule has 4 rings (SSSR count). The topological polar surface area (TPSA) is 101 Å². The second kappa shape index (κ2) is 9.70. The van der Waals surface area contributed by atoms with Crippen molar-refractivity contribution in [1.29, 1.82) is 0 Å². The van der Waals surface area contributed by atoms with Crippen LogP contribution in [0.4, 0.5) is 14.5 Å². The Morgan fingerprint density at radius 1 is 1.09 bits per heavy atom. The average Bonchev–Trinajstić information content (AvgIpc) is 3.25. The van der Waals surface area contributed by atoms with Gasteiger partial charge in [-0.05, 0) is 23.6 Å². The number of amidine groups is 1. The quantitative estimate of drug-likeness (QED) is 0.161. The van der Waals surface area contributed by atoms with Gasteiger partial charge in [0.05, 0.1) is 11.3 Å². The van der Waals surface area contributed by atoms with Gasteiger partial charge in [0, 0.05) is 18.7 Å². The van der Waals surface area contributed by atoms with Crippen molar-refractivity contribution >= 4 is 11.5 Å². The maximum Gasteiger partial charge on any atom is 0.181 e. The van der Waals surface area contributed by atoms with Crippen LogP contribution in [0, 0.1) is 11.6 Å². The van der Waals surface area contributed by atoms with Gasteiger partial charge in [0.1, 0.15) is 17.7 Å². The Bertz CT molecular complexity index is 1340. The number of nitrogens with two attached hydrogens (primary N) is 1. The standard InChI is InChI=1S/C25H24F2N6O/c1-3-15-8-7-11-17(12-15)22(25-30-24(31-33(25)2)16-9-5-4-6-10-16)29-21-14-19(26)18(13-20(21)27)23(28)32-34/h4-14,22,29,34H,3H2,1-2H3,(H2,28,32). The van der Waals surface area contributed by atoms with Gasteiger partial charge in [0.15, 0.2) is 17.5 Å². The molecule has 174 valence electrons. The highest BCUT2D eigenvalue weighted by molar-refractivity contribution is 5.97. The number of rotatable bonds is 7. The molecule has 0 spiro atoms. The van der Waals surface area contributed by atoms with Crippen molar-refractivity contribution in [3.05, 3.63) is 101 Å². The van der Waals surface area contributed by atoms with Crippen molar-refractivity contribution in [3.63, 3.8) is 0 Å². The van der Waals surface area contributed by atoms with Crippen LogP contribution in [0.2, 0.25) is 0 Å². The fraction of sp³-hybridized carbons (Fsp3) is 0.160. The largest absolute Gasteiger partial charge is 0.409 e. The van der Waals surface area contributed by atoms with E-state index in [2.05, 4.69) is 15.6 Å². The van der Waals surface area contributed by atoms with E-state index in [1.807, 2.05) is 61.5 Å². The van der Waals surface area contributed by atoms with Gasteiger partial charge in [0.2, 0.25) is 0 Å². The zero-order valence-electron chi connectivity index (χ0n) is 18.7. The van der Waals surface area contributed by atoms with Crippen molar-refractivity contribution in [2.24, 2.45) is 17.9 Å². The molecule has 0 saturated carbocycles. The predicted molar refractivity (Wildman–Crippen MR) is 127 cm³/mol. The highest BCUT2D eigenvalue weighted by Gasteiger charge is 2.24. The first kappa shape index (κ1) is 22.9. The van der Waals surface area contributed by atoms with Crippen molar-refractivity contribution in [2.75, 3.05) is 5.32 Å². The summed E-state index contributed by atoms with van der Waals surface area (Å²) in [5, 5.41) is 19.2. The minimum atomic E-state index is -0.830. The molecule has 0 aliphatic heterocycles. The third kappa shape index (κ3) is 4.59. The van der Waals surface area contributed by atoms with Crippen LogP contribution in [0.3, 0.4) is 0 Å². The lowest BCUT2D eigenvalue weighted by Gasteiger charge is -2.21. The van der Waals surface area contributed by atoms with Crippen LogP contribution in [-0.2, 0) is 13.5 Å². The number of nitrogens with zero attached hydrogens (tertiary/aromatic N) is 4. The maximum absolute atomic E-state index is 15.0. The van der Waals surface area contributed by atoms with E-state index in [0.29, 0.717) is 11.6 Å². The molecule has 1 aromatic heterocycles. The number of hydrogen-bond donors (Lipinski definition) is 3. The Morgan fingerprint density at radius 2 is 1.85 bits per heavy atom. The molecule has 0 bridgehead atoms. The Kier molecular flexibility index (Phi) is 6.53. The summed E-state index contributed by atoms with van der Waals surface area (Å²) in [5.74, 6) is -1.07. The van der Waals surface area contributed by atoms with Gasteiger partial charge in [-0.2, -0.15) is 5.10 Å².